The van der Waals surface area contributed by atoms with Gasteiger partial charge in [-0.2, -0.15) is 0 Å². The van der Waals surface area contributed by atoms with Crippen LogP contribution in [-0.2, 0) is 22.6 Å². The van der Waals surface area contributed by atoms with Gasteiger partial charge in [0.05, 0.1) is 30.9 Å². The third kappa shape index (κ3) is 4.59. The topological polar surface area (TPSA) is 121 Å². The fourth-order valence-corrected chi connectivity index (χ4v) is 5.75. The van der Waals surface area contributed by atoms with Crippen LogP contribution in [0.3, 0.4) is 0 Å². The van der Waals surface area contributed by atoms with Gasteiger partial charge in [0.1, 0.15) is 11.6 Å². The van der Waals surface area contributed by atoms with Crippen molar-refractivity contribution in [2.45, 2.75) is 39.4 Å². The average molecular weight is 550 g/mol. The van der Waals surface area contributed by atoms with Gasteiger partial charge in [0.15, 0.2) is 22.8 Å². The number of carbonyl (C=O) groups excluding carboxylic acids is 1. The van der Waals surface area contributed by atoms with Crippen LogP contribution in [0.5, 0.6) is 0 Å². The summed E-state index contributed by atoms with van der Waals surface area (Å²) in [7, 11) is 0. The third-order valence-corrected chi connectivity index (χ3v) is 8.32. The monoisotopic (exact) mass is 549 g/mol. The number of aromatic nitrogens is 5. The van der Waals surface area contributed by atoms with E-state index < -0.39 is 5.54 Å². The molecule has 0 unspecified atom stereocenters. The molecular formula is C28H36FN9O2. The number of amides is 1. The number of nitrogens with one attached hydrogen (secondary N) is 1. The van der Waals surface area contributed by atoms with Gasteiger partial charge in [-0.25, -0.2) is 19.3 Å². The molecule has 11 nitrogen and oxygen atoms in total. The third-order valence-electron chi connectivity index (χ3n) is 8.32. The van der Waals surface area contributed by atoms with Gasteiger partial charge in [0.25, 0.3) is 0 Å². The number of anilines is 1. The molecular weight excluding hydrogens is 513 g/mol. The maximum Gasteiger partial charge on any atom is 0.237 e. The Kier molecular flexibility index (Phi) is 6.93. The quantitative estimate of drug-likeness (QED) is 0.360. The van der Waals surface area contributed by atoms with Crippen LogP contribution in [0.1, 0.15) is 26.6 Å². The minimum atomic E-state index is -0.681. The maximum absolute atomic E-state index is 15.3. The van der Waals surface area contributed by atoms with Crippen LogP contribution in [0, 0.1) is 5.82 Å². The van der Waals surface area contributed by atoms with Gasteiger partial charge >= 0.3 is 0 Å². The zero-order valence-corrected chi connectivity index (χ0v) is 23.3. The number of fused-ring (bicyclic) bond motifs is 2. The van der Waals surface area contributed by atoms with E-state index in [1.807, 2.05) is 19.9 Å². The fraction of sp³-hybridized carbons (Fsp3) is 0.500. The number of halogens is 1. The Morgan fingerprint density at radius 1 is 1.07 bits per heavy atom. The SMILES string of the molecule is CCn1c(CN2CCN(C(C)(C)C(N)=O)CC2)nc2c(N3CCOCC3)nc(-c3c(F)ccc4[nH]ccc34)nc21. The highest BCUT2D eigenvalue weighted by molar-refractivity contribution is 5.95. The van der Waals surface area contributed by atoms with Gasteiger partial charge in [-0.05, 0) is 39.0 Å². The summed E-state index contributed by atoms with van der Waals surface area (Å²) in [5, 5.41) is 0.742. The lowest BCUT2D eigenvalue weighted by molar-refractivity contribution is -0.129. The lowest BCUT2D eigenvalue weighted by atomic mass is 10.0. The van der Waals surface area contributed by atoms with Crippen molar-refractivity contribution in [3.63, 3.8) is 0 Å². The van der Waals surface area contributed by atoms with E-state index in [-0.39, 0.29) is 11.7 Å². The van der Waals surface area contributed by atoms with Crippen LogP contribution in [0.25, 0.3) is 33.5 Å². The smallest absolute Gasteiger partial charge is 0.237 e. The molecule has 4 aromatic rings. The molecule has 0 aliphatic carbocycles. The largest absolute Gasteiger partial charge is 0.378 e. The number of H-pyrrole nitrogens is 1. The number of imidazole rings is 1. The number of aromatic amines is 1. The highest BCUT2D eigenvalue weighted by Gasteiger charge is 2.35. The van der Waals surface area contributed by atoms with Crippen molar-refractivity contribution in [2.24, 2.45) is 5.73 Å². The molecule has 0 radical (unpaired) electrons. The summed E-state index contributed by atoms with van der Waals surface area (Å²) in [4.78, 5) is 36.7. The van der Waals surface area contributed by atoms with Gasteiger partial charge in [-0.1, -0.05) is 0 Å². The second kappa shape index (κ2) is 10.4. The van der Waals surface area contributed by atoms with Crippen LogP contribution >= 0.6 is 0 Å². The van der Waals surface area contributed by atoms with E-state index in [1.165, 1.54) is 6.07 Å². The van der Waals surface area contributed by atoms with Crippen molar-refractivity contribution < 1.29 is 13.9 Å². The highest BCUT2D eigenvalue weighted by Crippen LogP contribution is 2.34. The predicted octanol–water partition coefficient (Wildman–Crippen LogP) is 2.35. The van der Waals surface area contributed by atoms with E-state index in [0.29, 0.717) is 62.2 Å². The van der Waals surface area contributed by atoms with Gasteiger partial charge in [0, 0.05) is 62.9 Å². The van der Waals surface area contributed by atoms with E-state index in [4.69, 9.17) is 25.4 Å². The van der Waals surface area contributed by atoms with Crippen molar-refractivity contribution in [1.82, 2.24) is 34.3 Å². The van der Waals surface area contributed by atoms with E-state index in [9.17, 15) is 4.79 Å². The van der Waals surface area contributed by atoms with Gasteiger partial charge in [0.2, 0.25) is 5.91 Å². The lowest BCUT2D eigenvalue weighted by Crippen LogP contribution is -2.59. The Morgan fingerprint density at radius 2 is 1.82 bits per heavy atom. The first-order chi connectivity index (χ1) is 19.3. The summed E-state index contributed by atoms with van der Waals surface area (Å²) in [5.41, 5.74) is 7.60. The minimum Gasteiger partial charge on any atom is -0.378 e. The number of piperazine rings is 1. The summed E-state index contributed by atoms with van der Waals surface area (Å²) in [6.07, 6.45) is 1.80. The highest BCUT2D eigenvalue weighted by atomic mass is 19.1. The average Bonchev–Trinajstić information content (AvgIpc) is 3.57. The number of aryl methyl sites for hydroxylation is 1. The number of nitrogens with zero attached hydrogens (tertiary/aromatic N) is 7. The normalized spacial score (nSPS) is 17.8. The molecule has 3 N–H and O–H groups in total. The van der Waals surface area contributed by atoms with E-state index in [2.05, 4.69) is 31.2 Å². The Labute approximate surface area is 232 Å². The number of hydrogen-bond donors (Lipinski definition) is 2. The molecule has 2 aliphatic heterocycles. The summed E-state index contributed by atoms with van der Waals surface area (Å²) < 4.78 is 23.0. The molecule has 1 aromatic carbocycles. The summed E-state index contributed by atoms with van der Waals surface area (Å²) in [5.74, 6) is 1.27. The number of morpholine rings is 1. The summed E-state index contributed by atoms with van der Waals surface area (Å²) in [6, 6.07) is 5.05. The second-order valence-electron chi connectivity index (χ2n) is 11.0. The lowest BCUT2D eigenvalue weighted by Gasteiger charge is -2.42. The Morgan fingerprint density at radius 3 is 2.52 bits per heavy atom. The molecule has 0 bridgehead atoms. The molecule has 2 fully saturated rings. The van der Waals surface area contributed by atoms with Crippen molar-refractivity contribution >= 4 is 33.8 Å². The molecule has 12 heteroatoms. The first-order valence-electron chi connectivity index (χ1n) is 13.9. The fourth-order valence-electron chi connectivity index (χ4n) is 5.75. The zero-order chi connectivity index (χ0) is 28.0. The second-order valence-corrected chi connectivity index (χ2v) is 11.0. The molecule has 5 heterocycles. The van der Waals surface area contributed by atoms with Crippen LogP contribution in [0.4, 0.5) is 10.2 Å². The number of carbonyl (C=O) groups is 1. The number of benzene rings is 1. The zero-order valence-electron chi connectivity index (χ0n) is 23.3. The molecule has 2 aliphatic rings. The Balaban J connectivity index is 1.40. The molecule has 3 aromatic heterocycles. The first-order valence-corrected chi connectivity index (χ1v) is 13.9. The molecule has 0 saturated carbocycles. The molecule has 6 rings (SSSR count). The van der Waals surface area contributed by atoms with Gasteiger partial charge in [-0.3, -0.25) is 14.6 Å². The molecule has 0 spiro atoms. The standard InChI is InChI=1S/C28H36FN9O2/c1-4-38-21(17-35-9-11-37(12-10-35)28(2,3)27(30)39)32-23-25(36-13-15-40-16-14-36)33-24(34-26(23)38)22-18-7-8-31-20(18)6-5-19(22)29/h5-8,31H,4,9-17H2,1-3H3,(H2,30,39). The van der Waals surface area contributed by atoms with E-state index in [0.717, 1.165) is 48.4 Å². The number of nitrogens with two attached hydrogens (primary N) is 1. The van der Waals surface area contributed by atoms with E-state index in [1.54, 1.807) is 12.3 Å². The summed E-state index contributed by atoms with van der Waals surface area (Å²) in [6.45, 7) is 12.7. The first kappa shape index (κ1) is 26.6. The predicted molar refractivity (Wildman–Crippen MR) is 151 cm³/mol. The molecule has 1 amide bonds. The molecule has 212 valence electrons. The molecule has 2 saturated heterocycles. The van der Waals surface area contributed by atoms with E-state index >= 15 is 4.39 Å². The summed E-state index contributed by atoms with van der Waals surface area (Å²) >= 11 is 0. The number of primary amides is 1. The number of hydrogen-bond acceptors (Lipinski definition) is 8. The van der Waals surface area contributed by atoms with Crippen molar-refractivity contribution in [1.29, 1.82) is 0 Å². The van der Waals surface area contributed by atoms with Crippen molar-refractivity contribution in [2.75, 3.05) is 57.4 Å². The van der Waals surface area contributed by atoms with Gasteiger partial charge < -0.3 is 24.9 Å². The number of ether oxygens (including phenoxy) is 1. The minimum absolute atomic E-state index is 0.314. The van der Waals surface area contributed by atoms with Crippen LogP contribution in [0.2, 0.25) is 0 Å². The van der Waals surface area contributed by atoms with Crippen molar-refractivity contribution in [3.8, 4) is 11.4 Å². The maximum atomic E-state index is 15.3. The van der Waals surface area contributed by atoms with Crippen LogP contribution < -0.4 is 10.6 Å². The Bertz CT molecular complexity index is 1550. The number of rotatable bonds is 7. The van der Waals surface area contributed by atoms with Crippen LogP contribution in [-0.4, -0.2) is 98.2 Å². The van der Waals surface area contributed by atoms with Gasteiger partial charge in [-0.15, -0.1) is 0 Å². The molecule has 0 atom stereocenters. The van der Waals surface area contributed by atoms with Crippen LogP contribution in [0.15, 0.2) is 24.4 Å². The molecule has 40 heavy (non-hydrogen) atoms. The van der Waals surface area contributed by atoms with Crippen molar-refractivity contribution in [3.05, 3.63) is 36.0 Å². The Hall–Kier alpha value is -3.61.